The summed E-state index contributed by atoms with van der Waals surface area (Å²) in [6.45, 7) is 4.50. The van der Waals surface area contributed by atoms with Crippen molar-refractivity contribution < 1.29 is 14.3 Å². The molecule has 0 radical (unpaired) electrons. The molecular formula is C22H28N2O3. The van der Waals surface area contributed by atoms with Gasteiger partial charge in [0.1, 0.15) is 11.8 Å². The standard InChI is InChI=1S/C22H28N2O3/c1-4-16(2)20(24-21(25)18-8-6-5-7-9-18)22(26)23-15-14-17-10-12-19(27-3)13-11-17/h5-13,16,20H,4,14-15H2,1-3H3,(H,23,26)(H,24,25). The van der Waals surface area contributed by atoms with Gasteiger partial charge in [-0.2, -0.15) is 0 Å². The van der Waals surface area contributed by atoms with Gasteiger partial charge in [-0.05, 0) is 42.2 Å². The molecule has 0 aliphatic heterocycles. The fourth-order valence-corrected chi connectivity index (χ4v) is 2.75. The van der Waals surface area contributed by atoms with Crippen LogP contribution in [0.15, 0.2) is 54.6 Å². The maximum Gasteiger partial charge on any atom is 0.251 e. The van der Waals surface area contributed by atoms with Crippen LogP contribution in [0.2, 0.25) is 0 Å². The highest BCUT2D eigenvalue weighted by Gasteiger charge is 2.25. The lowest BCUT2D eigenvalue weighted by molar-refractivity contribution is -0.124. The fourth-order valence-electron chi connectivity index (χ4n) is 2.75. The van der Waals surface area contributed by atoms with Crippen molar-refractivity contribution in [2.45, 2.75) is 32.7 Å². The minimum atomic E-state index is -0.557. The summed E-state index contributed by atoms with van der Waals surface area (Å²) in [7, 11) is 1.63. The van der Waals surface area contributed by atoms with E-state index in [9.17, 15) is 9.59 Å². The van der Waals surface area contributed by atoms with E-state index in [2.05, 4.69) is 10.6 Å². The van der Waals surface area contributed by atoms with E-state index in [1.54, 1.807) is 19.2 Å². The van der Waals surface area contributed by atoms with Gasteiger partial charge in [-0.15, -0.1) is 0 Å². The van der Waals surface area contributed by atoms with E-state index in [1.807, 2.05) is 56.3 Å². The number of hydrogen-bond donors (Lipinski definition) is 2. The average Bonchev–Trinajstić information content (AvgIpc) is 2.72. The molecule has 0 aliphatic carbocycles. The summed E-state index contributed by atoms with van der Waals surface area (Å²) in [4.78, 5) is 25.1. The van der Waals surface area contributed by atoms with Crippen LogP contribution in [0.4, 0.5) is 0 Å². The highest BCUT2D eigenvalue weighted by Crippen LogP contribution is 2.12. The lowest BCUT2D eigenvalue weighted by Crippen LogP contribution is -2.50. The first-order chi connectivity index (χ1) is 13.0. The molecule has 2 atom stereocenters. The molecule has 5 heteroatoms. The third kappa shape index (κ3) is 6.13. The minimum Gasteiger partial charge on any atom is -0.497 e. The third-order valence-electron chi connectivity index (χ3n) is 4.69. The Kier molecular flexibility index (Phi) is 7.86. The second-order valence-corrected chi connectivity index (χ2v) is 6.59. The van der Waals surface area contributed by atoms with Gasteiger partial charge >= 0.3 is 0 Å². The van der Waals surface area contributed by atoms with Gasteiger partial charge in [-0.1, -0.05) is 50.6 Å². The van der Waals surface area contributed by atoms with Crippen LogP contribution < -0.4 is 15.4 Å². The lowest BCUT2D eigenvalue weighted by Gasteiger charge is -2.23. The Morgan fingerprint density at radius 2 is 1.70 bits per heavy atom. The predicted octanol–water partition coefficient (Wildman–Crippen LogP) is 3.20. The van der Waals surface area contributed by atoms with Gasteiger partial charge in [0.15, 0.2) is 0 Å². The molecule has 0 saturated carbocycles. The summed E-state index contributed by atoms with van der Waals surface area (Å²) in [5.41, 5.74) is 1.67. The molecule has 2 unspecified atom stereocenters. The van der Waals surface area contributed by atoms with E-state index in [1.165, 1.54) is 0 Å². The fraction of sp³-hybridized carbons (Fsp3) is 0.364. The number of nitrogens with one attached hydrogen (secondary N) is 2. The van der Waals surface area contributed by atoms with Crippen molar-refractivity contribution in [3.05, 3.63) is 65.7 Å². The maximum atomic E-state index is 12.7. The first-order valence-electron chi connectivity index (χ1n) is 9.31. The highest BCUT2D eigenvalue weighted by atomic mass is 16.5. The highest BCUT2D eigenvalue weighted by molar-refractivity contribution is 5.97. The van der Waals surface area contributed by atoms with Crippen molar-refractivity contribution in [2.24, 2.45) is 5.92 Å². The Balaban J connectivity index is 1.92. The molecular weight excluding hydrogens is 340 g/mol. The number of benzene rings is 2. The largest absolute Gasteiger partial charge is 0.497 e. The number of carbonyl (C=O) groups excluding carboxylic acids is 2. The van der Waals surface area contributed by atoms with Gasteiger partial charge in [0.2, 0.25) is 5.91 Å². The zero-order chi connectivity index (χ0) is 19.6. The van der Waals surface area contributed by atoms with Crippen LogP contribution in [0.25, 0.3) is 0 Å². The average molecular weight is 368 g/mol. The van der Waals surface area contributed by atoms with Gasteiger partial charge in [0.05, 0.1) is 7.11 Å². The monoisotopic (exact) mass is 368 g/mol. The summed E-state index contributed by atoms with van der Waals surface area (Å²) in [5, 5.41) is 5.83. The van der Waals surface area contributed by atoms with Gasteiger partial charge in [0, 0.05) is 12.1 Å². The molecule has 2 aromatic rings. The molecule has 27 heavy (non-hydrogen) atoms. The van der Waals surface area contributed by atoms with Crippen LogP contribution in [0.3, 0.4) is 0 Å². The van der Waals surface area contributed by atoms with Gasteiger partial charge in [-0.3, -0.25) is 9.59 Å². The Morgan fingerprint density at radius 3 is 2.30 bits per heavy atom. The number of amides is 2. The molecule has 0 aliphatic rings. The Bertz CT molecular complexity index is 729. The molecule has 2 amide bonds. The molecule has 2 N–H and O–H groups in total. The smallest absolute Gasteiger partial charge is 0.251 e. The van der Waals surface area contributed by atoms with Crippen LogP contribution in [0, 0.1) is 5.92 Å². The molecule has 0 aromatic heterocycles. The van der Waals surface area contributed by atoms with E-state index >= 15 is 0 Å². The molecule has 2 aromatic carbocycles. The summed E-state index contributed by atoms with van der Waals surface area (Å²) in [6.07, 6.45) is 1.52. The van der Waals surface area contributed by atoms with Crippen LogP contribution in [-0.2, 0) is 11.2 Å². The molecule has 0 fully saturated rings. The van der Waals surface area contributed by atoms with Gasteiger partial charge in [0.25, 0.3) is 5.91 Å². The van der Waals surface area contributed by atoms with Crippen molar-refractivity contribution in [2.75, 3.05) is 13.7 Å². The second kappa shape index (κ2) is 10.4. The van der Waals surface area contributed by atoms with Crippen molar-refractivity contribution in [3.8, 4) is 5.75 Å². The van der Waals surface area contributed by atoms with Crippen molar-refractivity contribution >= 4 is 11.8 Å². The Hall–Kier alpha value is -2.82. The topological polar surface area (TPSA) is 67.4 Å². The molecule has 0 spiro atoms. The lowest BCUT2D eigenvalue weighted by atomic mass is 9.97. The SMILES string of the molecule is CCC(C)C(NC(=O)c1ccccc1)C(=O)NCCc1ccc(OC)cc1. The maximum absolute atomic E-state index is 12.7. The van der Waals surface area contributed by atoms with Crippen molar-refractivity contribution in [1.82, 2.24) is 10.6 Å². The molecule has 144 valence electrons. The first-order valence-corrected chi connectivity index (χ1v) is 9.31. The van der Waals surface area contributed by atoms with Crippen LogP contribution in [-0.4, -0.2) is 31.5 Å². The van der Waals surface area contributed by atoms with E-state index in [4.69, 9.17) is 4.74 Å². The van der Waals surface area contributed by atoms with Crippen molar-refractivity contribution in [1.29, 1.82) is 0 Å². The summed E-state index contributed by atoms with van der Waals surface area (Å²) < 4.78 is 5.15. The molecule has 2 rings (SSSR count). The number of ether oxygens (including phenoxy) is 1. The first kappa shape index (κ1) is 20.5. The van der Waals surface area contributed by atoms with Crippen LogP contribution >= 0.6 is 0 Å². The molecule has 5 nitrogen and oxygen atoms in total. The normalized spacial score (nSPS) is 12.7. The van der Waals surface area contributed by atoms with E-state index in [0.717, 1.165) is 24.2 Å². The molecule has 0 bridgehead atoms. The summed E-state index contributed by atoms with van der Waals surface area (Å²) in [6, 6.07) is 16.2. The molecule has 0 heterocycles. The van der Waals surface area contributed by atoms with Crippen LogP contribution in [0.5, 0.6) is 5.75 Å². The summed E-state index contributed by atoms with van der Waals surface area (Å²) >= 11 is 0. The quantitative estimate of drug-likeness (QED) is 0.714. The number of methoxy groups -OCH3 is 1. The third-order valence-corrected chi connectivity index (χ3v) is 4.69. The Morgan fingerprint density at radius 1 is 1.04 bits per heavy atom. The number of rotatable bonds is 9. The van der Waals surface area contributed by atoms with Crippen LogP contribution in [0.1, 0.15) is 36.2 Å². The zero-order valence-electron chi connectivity index (χ0n) is 16.2. The number of carbonyl (C=O) groups is 2. The van der Waals surface area contributed by atoms with Gasteiger partial charge in [-0.25, -0.2) is 0 Å². The summed E-state index contributed by atoms with van der Waals surface area (Å²) in [5.74, 6) is 0.468. The van der Waals surface area contributed by atoms with Crippen molar-refractivity contribution in [3.63, 3.8) is 0 Å². The van der Waals surface area contributed by atoms with E-state index < -0.39 is 6.04 Å². The zero-order valence-corrected chi connectivity index (χ0v) is 16.2. The van der Waals surface area contributed by atoms with E-state index in [-0.39, 0.29) is 17.7 Å². The van der Waals surface area contributed by atoms with E-state index in [0.29, 0.717) is 12.1 Å². The Labute approximate surface area is 161 Å². The number of hydrogen-bond acceptors (Lipinski definition) is 3. The second-order valence-electron chi connectivity index (χ2n) is 6.59. The predicted molar refractivity (Wildman–Crippen MR) is 107 cm³/mol. The molecule has 0 saturated heterocycles. The minimum absolute atomic E-state index is 0.0404. The van der Waals surface area contributed by atoms with Gasteiger partial charge < -0.3 is 15.4 Å².